The minimum atomic E-state index is 0.0276. The second-order valence-electron chi connectivity index (χ2n) is 7.78. The zero-order valence-corrected chi connectivity index (χ0v) is 19.2. The highest BCUT2D eigenvalue weighted by molar-refractivity contribution is 9.10. The van der Waals surface area contributed by atoms with Crippen LogP contribution >= 0.6 is 27.3 Å². The van der Waals surface area contributed by atoms with Gasteiger partial charge in [-0.3, -0.25) is 4.79 Å². The molecular formula is C24H23BrN2O2S. The largest absolute Gasteiger partial charge is 0.378 e. The number of carbonyl (C=O) groups excluding carboxylic acids is 1. The van der Waals surface area contributed by atoms with Gasteiger partial charge in [-0.1, -0.05) is 54.1 Å². The van der Waals surface area contributed by atoms with Crippen molar-refractivity contribution in [3.8, 4) is 11.1 Å². The Morgan fingerprint density at radius 2 is 1.90 bits per heavy atom. The summed E-state index contributed by atoms with van der Waals surface area (Å²) in [4.78, 5) is 15.9. The van der Waals surface area contributed by atoms with E-state index >= 15 is 0 Å². The maximum atomic E-state index is 12.8. The fourth-order valence-electron chi connectivity index (χ4n) is 4.35. The molecule has 2 aromatic carbocycles. The number of amides is 1. The van der Waals surface area contributed by atoms with Crippen LogP contribution in [0, 0.1) is 6.92 Å². The van der Waals surface area contributed by atoms with E-state index in [2.05, 4.69) is 75.5 Å². The van der Waals surface area contributed by atoms with Gasteiger partial charge < -0.3 is 15.0 Å². The van der Waals surface area contributed by atoms with Crippen LogP contribution in [0.1, 0.15) is 32.3 Å². The molecule has 30 heavy (non-hydrogen) atoms. The summed E-state index contributed by atoms with van der Waals surface area (Å²) in [5.41, 5.74) is 6.03. The molecule has 1 fully saturated rings. The van der Waals surface area contributed by atoms with E-state index in [0.29, 0.717) is 6.54 Å². The van der Waals surface area contributed by atoms with Gasteiger partial charge in [-0.25, -0.2) is 0 Å². The molecule has 0 spiro atoms. The summed E-state index contributed by atoms with van der Waals surface area (Å²) in [6.45, 7) is 5.88. The van der Waals surface area contributed by atoms with Crippen molar-refractivity contribution in [2.24, 2.45) is 0 Å². The number of hydrogen-bond donors (Lipinski definition) is 1. The Labute approximate surface area is 189 Å². The first-order chi connectivity index (χ1) is 14.6. The molecule has 3 aromatic rings. The molecule has 4 nitrogen and oxygen atoms in total. The monoisotopic (exact) mass is 482 g/mol. The van der Waals surface area contributed by atoms with Crippen molar-refractivity contribution in [1.82, 2.24) is 5.32 Å². The minimum absolute atomic E-state index is 0.0276. The Morgan fingerprint density at radius 3 is 2.67 bits per heavy atom. The second-order valence-corrected chi connectivity index (χ2v) is 9.57. The van der Waals surface area contributed by atoms with Crippen molar-refractivity contribution in [1.29, 1.82) is 0 Å². The maximum Gasteiger partial charge on any atom is 0.261 e. The smallest absolute Gasteiger partial charge is 0.261 e. The van der Waals surface area contributed by atoms with E-state index in [1.807, 2.05) is 6.07 Å². The lowest BCUT2D eigenvalue weighted by molar-refractivity contribution is 0.0947. The fourth-order valence-corrected chi connectivity index (χ4v) is 6.67. The van der Waals surface area contributed by atoms with Gasteiger partial charge in [0.1, 0.15) is 5.00 Å². The number of hydrogen-bond acceptors (Lipinski definition) is 4. The first kappa shape index (κ1) is 19.8. The number of rotatable bonds is 3. The zero-order chi connectivity index (χ0) is 20.7. The number of anilines is 1. The lowest BCUT2D eigenvalue weighted by Crippen LogP contribution is -2.35. The fraction of sp³-hybridized carbons (Fsp3) is 0.292. The SMILES string of the molecule is Cc1ccc(C2CNC(=O)c3sc(N4CCOCC4)c(Br)c32)c(-c2ccccc2)c1. The summed E-state index contributed by atoms with van der Waals surface area (Å²) in [5.74, 6) is 0.133. The standard InChI is InChI=1S/C24H23BrN2O2S/c1-15-7-8-17(18(13-15)16-5-3-2-4-6-16)19-14-26-23(28)22-20(19)21(25)24(30-22)27-9-11-29-12-10-27/h2-8,13,19H,9-12,14H2,1H3,(H,26,28). The molecule has 1 unspecified atom stereocenters. The van der Waals surface area contributed by atoms with Crippen molar-refractivity contribution >= 4 is 38.2 Å². The number of fused-ring (bicyclic) bond motifs is 1. The average molecular weight is 483 g/mol. The van der Waals surface area contributed by atoms with E-state index in [9.17, 15) is 4.79 Å². The maximum absolute atomic E-state index is 12.8. The average Bonchev–Trinajstić information content (AvgIpc) is 3.14. The predicted octanol–water partition coefficient (Wildman–Crippen LogP) is 5.20. The summed E-state index contributed by atoms with van der Waals surface area (Å²) in [7, 11) is 0. The molecule has 0 saturated carbocycles. The van der Waals surface area contributed by atoms with Gasteiger partial charge in [0, 0.05) is 31.1 Å². The Kier molecular flexibility index (Phi) is 5.39. The number of carbonyl (C=O) groups is 1. The molecule has 0 bridgehead atoms. The van der Waals surface area contributed by atoms with Gasteiger partial charge in [0.2, 0.25) is 0 Å². The van der Waals surface area contributed by atoms with Gasteiger partial charge in [0.25, 0.3) is 5.91 Å². The van der Waals surface area contributed by atoms with E-state index < -0.39 is 0 Å². The molecule has 2 aliphatic heterocycles. The topological polar surface area (TPSA) is 41.6 Å². The third kappa shape index (κ3) is 3.47. The van der Waals surface area contributed by atoms with Gasteiger partial charge >= 0.3 is 0 Å². The minimum Gasteiger partial charge on any atom is -0.378 e. The lowest BCUT2D eigenvalue weighted by Gasteiger charge is -2.28. The van der Waals surface area contributed by atoms with E-state index in [-0.39, 0.29) is 11.8 Å². The van der Waals surface area contributed by atoms with E-state index in [1.165, 1.54) is 22.3 Å². The molecule has 154 valence electrons. The van der Waals surface area contributed by atoms with Crippen LogP contribution in [-0.2, 0) is 4.74 Å². The number of thiophene rings is 1. The summed E-state index contributed by atoms with van der Waals surface area (Å²) in [6, 6.07) is 17.2. The van der Waals surface area contributed by atoms with Crippen LogP contribution < -0.4 is 10.2 Å². The first-order valence-corrected chi connectivity index (χ1v) is 11.8. The van der Waals surface area contributed by atoms with Crippen molar-refractivity contribution in [2.75, 3.05) is 37.7 Å². The Balaban J connectivity index is 1.64. The Bertz CT molecular complexity index is 1090. The molecule has 1 amide bonds. The number of morpholine rings is 1. The van der Waals surface area contributed by atoms with Crippen LogP contribution in [0.2, 0.25) is 0 Å². The summed E-state index contributed by atoms with van der Waals surface area (Å²) in [5, 5.41) is 4.27. The third-order valence-electron chi connectivity index (χ3n) is 5.86. The molecular weight excluding hydrogens is 460 g/mol. The summed E-state index contributed by atoms with van der Waals surface area (Å²) in [6.07, 6.45) is 0. The van der Waals surface area contributed by atoms with Crippen molar-refractivity contribution in [3.05, 3.63) is 74.6 Å². The third-order valence-corrected chi connectivity index (χ3v) is 8.19. The normalized spacial score (nSPS) is 18.8. The van der Waals surface area contributed by atoms with E-state index in [1.54, 1.807) is 11.3 Å². The first-order valence-electron chi connectivity index (χ1n) is 10.2. The highest BCUT2D eigenvalue weighted by Gasteiger charge is 2.35. The molecule has 6 heteroatoms. The number of nitrogens with one attached hydrogen (secondary N) is 1. The van der Waals surface area contributed by atoms with Gasteiger partial charge in [-0.2, -0.15) is 0 Å². The highest BCUT2D eigenvalue weighted by Crippen LogP contribution is 2.48. The number of aryl methyl sites for hydroxylation is 1. The van der Waals surface area contributed by atoms with Crippen LogP contribution in [0.5, 0.6) is 0 Å². The lowest BCUT2D eigenvalue weighted by atomic mass is 9.83. The van der Waals surface area contributed by atoms with Crippen molar-refractivity contribution in [3.63, 3.8) is 0 Å². The summed E-state index contributed by atoms with van der Waals surface area (Å²) >= 11 is 5.47. The molecule has 3 heterocycles. The molecule has 0 aliphatic carbocycles. The van der Waals surface area contributed by atoms with Crippen LogP contribution in [0.4, 0.5) is 5.00 Å². The van der Waals surface area contributed by atoms with Crippen molar-refractivity contribution < 1.29 is 9.53 Å². The van der Waals surface area contributed by atoms with Crippen LogP contribution in [0.3, 0.4) is 0 Å². The number of halogens is 1. The second kappa shape index (κ2) is 8.17. The number of ether oxygens (including phenoxy) is 1. The van der Waals surface area contributed by atoms with Crippen LogP contribution in [0.25, 0.3) is 11.1 Å². The predicted molar refractivity (Wildman–Crippen MR) is 126 cm³/mol. The molecule has 1 saturated heterocycles. The molecule has 5 rings (SSSR count). The Morgan fingerprint density at radius 1 is 1.13 bits per heavy atom. The number of benzene rings is 2. The van der Waals surface area contributed by atoms with Crippen LogP contribution in [0.15, 0.2) is 53.0 Å². The number of nitrogens with zero attached hydrogens (tertiary/aromatic N) is 1. The molecule has 1 atom stereocenters. The zero-order valence-electron chi connectivity index (χ0n) is 16.8. The quantitative estimate of drug-likeness (QED) is 0.557. The Hall–Kier alpha value is -2.15. The van der Waals surface area contributed by atoms with Gasteiger partial charge in [-0.15, -0.1) is 11.3 Å². The molecule has 0 radical (unpaired) electrons. The van der Waals surface area contributed by atoms with E-state index in [4.69, 9.17) is 4.74 Å². The summed E-state index contributed by atoms with van der Waals surface area (Å²) < 4.78 is 6.58. The molecule has 1 aromatic heterocycles. The molecule has 1 N–H and O–H groups in total. The van der Waals surface area contributed by atoms with Gasteiger partial charge in [0.05, 0.1) is 22.6 Å². The highest BCUT2D eigenvalue weighted by atomic mass is 79.9. The van der Waals surface area contributed by atoms with Crippen LogP contribution in [-0.4, -0.2) is 38.8 Å². The van der Waals surface area contributed by atoms with Crippen molar-refractivity contribution in [2.45, 2.75) is 12.8 Å². The molecule has 2 aliphatic rings. The van der Waals surface area contributed by atoms with Gasteiger partial charge in [-0.05, 0) is 39.5 Å². The van der Waals surface area contributed by atoms with E-state index in [0.717, 1.165) is 46.2 Å². The van der Waals surface area contributed by atoms with Gasteiger partial charge in [0.15, 0.2) is 0 Å².